The molecule has 7 heteroatoms. The number of aryl methyl sites for hydroxylation is 2. The minimum absolute atomic E-state index is 0.130. The van der Waals surface area contributed by atoms with Crippen molar-refractivity contribution in [2.45, 2.75) is 20.0 Å². The summed E-state index contributed by atoms with van der Waals surface area (Å²) in [6.45, 7) is 11.7. The van der Waals surface area contributed by atoms with E-state index in [2.05, 4.69) is 58.2 Å². The van der Waals surface area contributed by atoms with Gasteiger partial charge in [-0.05, 0) is 90.7 Å². The van der Waals surface area contributed by atoms with Crippen LogP contribution >= 0.6 is 0 Å². The number of rotatable bonds is 3. The van der Waals surface area contributed by atoms with Gasteiger partial charge in [0.25, 0.3) is 0 Å². The second-order valence-electron chi connectivity index (χ2n) is 12.0. The van der Waals surface area contributed by atoms with Gasteiger partial charge in [-0.15, -0.1) is 0 Å². The van der Waals surface area contributed by atoms with Gasteiger partial charge in [-0.25, -0.2) is 4.85 Å². The molecule has 6 aromatic carbocycles. The maximum atomic E-state index is 14.1. The number of aromatic nitrogens is 2. The highest BCUT2D eigenvalue weighted by atomic mass is 19.4. The lowest BCUT2D eigenvalue weighted by molar-refractivity contribution is -0.137. The number of hydrogen-bond donors (Lipinski definition) is 0. The van der Waals surface area contributed by atoms with Crippen molar-refractivity contribution in [1.82, 2.24) is 9.13 Å². The summed E-state index contributed by atoms with van der Waals surface area (Å²) in [5.41, 5.74) is 6.86. The van der Waals surface area contributed by atoms with Crippen molar-refractivity contribution in [3.05, 3.63) is 149 Å². The topological polar surface area (TPSA) is 38.0 Å². The molecule has 230 valence electrons. The molecule has 0 saturated heterocycles. The molecule has 0 amide bonds. The molecule has 0 radical (unpaired) electrons. The van der Waals surface area contributed by atoms with Crippen LogP contribution in [-0.2, 0) is 6.18 Å². The maximum Gasteiger partial charge on any atom is 0.415 e. The number of hydrogen-bond acceptors (Lipinski definition) is 1. The summed E-state index contributed by atoms with van der Waals surface area (Å²) in [7, 11) is 0. The van der Waals surface area contributed by atoms with Crippen LogP contribution in [0, 0.1) is 31.8 Å². The summed E-state index contributed by atoms with van der Waals surface area (Å²) in [4.78, 5) is 3.35. The highest BCUT2D eigenvalue weighted by Gasteiger charge is 2.31. The van der Waals surface area contributed by atoms with Crippen molar-refractivity contribution in [1.29, 1.82) is 5.26 Å². The third-order valence-corrected chi connectivity index (χ3v) is 9.19. The number of alkyl halides is 3. The van der Waals surface area contributed by atoms with Crippen LogP contribution in [0.1, 0.15) is 22.3 Å². The lowest BCUT2D eigenvalue weighted by atomic mass is 9.97. The normalized spacial score (nSPS) is 11.8. The van der Waals surface area contributed by atoms with E-state index in [0.29, 0.717) is 16.9 Å². The molecule has 0 spiro atoms. The summed E-state index contributed by atoms with van der Waals surface area (Å²) in [5, 5.41) is 15.0. The molecule has 0 aliphatic carbocycles. The van der Waals surface area contributed by atoms with E-state index in [1.807, 2.05) is 66.7 Å². The Morgan fingerprint density at radius 3 is 1.77 bits per heavy atom. The Morgan fingerprint density at radius 1 is 0.646 bits per heavy atom. The predicted octanol–water partition coefficient (Wildman–Crippen LogP) is 11.6. The van der Waals surface area contributed by atoms with Crippen molar-refractivity contribution < 1.29 is 13.2 Å². The van der Waals surface area contributed by atoms with Gasteiger partial charge < -0.3 is 9.13 Å². The van der Waals surface area contributed by atoms with Gasteiger partial charge in [0.2, 0.25) is 0 Å². The fraction of sp³-hybridized carbons (Fsp3) is 0.0732. The van der Waals surface area contributed by atoms with E-state index < -0.39 is 11.7 Å². The van der Waals surface area contributed by atoms with Gasteiger partial charge >= 0.3 is 6.18 Å². The van der Waals surface area contributed by atoms with E-state index in [-0.39, 0.29) is 16.8 Å². The number of nitrogens with zero attached hydrogens (tertiary/aromatic N) is 4. The highest BCUT2D eigenvalue weighted by Crippen LogP contribution is 2.43. The van der Waals surface area contributed by atoms with Crippen LogP contribution in [0.2, 0.25) is 0 Å². The molecular weight excluding hydrogens is 605 g/mol. The summed E-state index contributed by atoms with van der Waals surface area (Å²) >= 11 is 0. The zero-order valence-corrected chi connectivity index (χ0v) is 25.9. The monoisotopic (exact) mass is 630 g/mol. The molecule has 0 aliphatic rings. The SMILES string of the molecule is [C-]#[N+]c1cc(-c2cc(C#N)c(-n3c4ccccc4c4c(C)cccc43)c(-n3c4ccccc4c4c(C)cccc43)c2)cc(C(F)(F)F)c1. The fourth-order valence-corrected chi connectivity index (χ4v) is 7.18. The third-order valence-electron chi connectivity index (χ3n) is 9.19. The Balaban J connectivity index is 1.59. The van der Waals surface area contributed by atoms with Crippen LogP contribution in [-0.4, -0.2) is 9.13 Å². The minimum atomic E-state index is -4.65. The number of para-hydroxylation sites is 2. The quantitative estimate of drug-likeness (QED) is 0.179. The smallest absolute Gasteiger partial charge is 0.307 e. The summed E-state index contributed by atoms with van der Waals surface area (Å²) in [5.74, 6) is 0. The van der Waals surface area contributed by atoms with Gasteiger partial charge in [0.1, 0.15) is 6.07 Å². The van der Waals surface area contributed by atoms with Gasteiger partial charge in [0, 0.05) is 27.1 Å². The standard InChI is InChI=1S/C41H25F3N4/c1-24-10-8-16-35-38(24)31-12-4-6-14-33(31)47(35)37-21-26(27-19-29(41(42,43)44)22-30(20-27)46-3)18-28(23-45)40(37)48-34-15-7-5-13-32(34)39-25(2)11-9-17-36(39)48/h4-22H,1-2H3. The zero-order valence-electron chi connectivity index (χ0n) is 25.9. The Labute approximate surface area is 273 Å². The second kappa shape index (κ2) is 10.6. The van der Waals surface area contributed by atoms with Crippen molar-refractivity contribution in [3.8, 4) is 28.6 Å². The minimum Gasteiger partial charge on any atom is -0.307 e. The molecule has 2 aromatic heterocycles. The molecule has 8 rings (SSSR count). The molecule has 4 nitrogen and oxygen atoms in total. The first-order valence-corrected chi connectivity index (χ1v) is 15.4. The lowest BCUT2D eigenvalue weighted by Gasteiger charge is -2.20. The predicted molar refractivity (Wildman–Crippen MR) is 186 cm³/mol. The maximum absolute atomic E-state index is 14.1. The average molecular weight is 631 g/mol. The van der Waals surface area contributed by atoms with Gasteiger partial charge in [-0.3, -0.25) is 0 Å². The molecule has 0 saturated carbocycles. The van der Waals surface area contributed by atoms with Gasteiger partial charge in [0.15, 0.2) is 5.69 Å². The Bertz CT molecular complexity index is 2710. The molecular formula is C41H25F3N4. The van der Waals surface area contributed by atoms with E-state index in [1.165, 1.54) is 6.07 Å². The van der Waals surface area contributed by atoms with Gasteiger partial charge in [-0.1, -0.05) is 60.7 Å². The van der Waals surface area contributed by atoms with E-state index in [4.69, 9.17) is 6.57 Å². The molecule has 8 aromatic rings. The summed E-state index contributed by atoms with van der Waals surface area (Å²) in [6, 6.07) is 37.5. The van der Waals surface area contributed by atoms with Crippen molar-refractivity contribution in [2.24, 2.45) is 0 Å². The second-order valence-corrected chi connectivity index (χ2v) is 12.0. The molecule has 0 fully saturated rings. The number of nitriles is 1. The third kappa shape index (κ3) is 4.29. The number of fused-ring (bicyclic) bond motifs is 6. The molecule has 2 heterocycles. The van der Waals surface area contributed by atoms with Crippen LogP contribution in [0.5, 0.6) is 0 Å². The molecule has 0 atom stereocenters. The largest absolute Gasteiger partial charge is 0.415 e. The Morgan fingerprint density at radius 2 is 1.19 bits per heavy atom. The number of halogens is 3. The van der Waals surface area contributed by atoms with Crippen LogP contribution in [0.15, 0.2) is 115 Å². The van der Waals surface area contributed by atoms with Crippen molar-refractivity contribution >= 4 is 49.3 Å². The molecule has 48 heavy (non-hydrogen) atoms. The summed E-state index contributed by atoms with van der Waals surface area (Å²) in [6.07, 6.45) is -4.65. The van der Waals surface area contributed by atoms with E-state index in [1.54, 1.807) is 6.07 Å². The van der Waals surface area contributed by atoms with Crippen LogP contribution in [0.4, 0.5) is 18.9 Å². The molecule has 0 aliphatic heterocycles. The first kappa shape index (κ1) is 29.1. The first-order valence-electron chi connectivity index (χ1n) is 15.4. The van der Waals surface area contributed by atoms with E-state index >= 15 is 0 Å². The fourth-order valence-electron chi connectivity index (χ4n) is 7.18. The van der Waals surface area contributed by atoms with Crippen molar-refractivity contribution in [3.63, 3.8) is 0 Å². The van der Waals surface area contributed by atoms with Crippen LogP contribution in [0.3, 0.4) is 0 Å². The Hall–Kier alpha value is -6.31. The van der Waals surface area contributed by atoms with Crippen molar-refractivity contribution in [2.75, 3.05) is 0 Å². The van der Waals surface area contributed by atoms with E-state index in [9.17, 15) is 18.4 Å². The molecule has 0 unspecified atom stereocenters. The summed E-state index contributed by atoms with van der Waals surface area (Å²) < 4.78 is 46.4. The number of benzene rings is 6. The lowest BCUT2D eigenvalue weighted by Crippen LogP contribution is -2.07. The molecule has 0 N–H and O–H groups in total. The first-order chi connectivity index (χ1) is 23.2. The average Bonchev–Trinajstić information content (AvgIpc) is 3.61. The Kier molecular flexibility index (Phi) is 6.44. The zero-order chi connectivity index (χ0) is 33.3. The van der Waals surface area contributed by atoms with Gasteiger partial charge in [-0.2, -0.15) is 18.4 Å². The van der Waals surface area contributed by atoms with Gasteiger partial charge in [0.05, 0.1) is 45.6 Å². The van der Waals surface area contributed by atoms with Crippen LogP contribution < -0.4 is 0 Å². The molecule has 0 bridgehead atoms. The highest BCUT2D eigenvalue weighted by molar-refractivity contribution is 6.13. The van der Waals surface area contributed by atoms with E-state index in [0.717, 1.165) is 66.9 Å². The van der Waals surface area contributed by atoms with Crippen LogP contribution in [0.25, 0.3) is 71.0 Å².